The Kier molecular flexibility index (Phi) is 12.2. The van der Waals surface area contributed by atoms with Crippen LogP contribution in [0.1, 0.15) is 91.4 Å². The molecule has 4 nitrogen and oxygen atoms in total. The largest absolute Gasteiger partial charge is 0.423 e. The number of carbonyl (C=O) groups is 2. The van der Waals surface area contributed by atoms with Crippen molar-refractivity contribution < 1.29 is 19.1 Å². The number of rotatable bonds is 14. The molecule has 4 heteroatoms. The number of hydrogen-bond acceptors (Lipinski definition) is 4. The van der Waals surface area contributed by atoms with Crippen LogP contribution in [-0.2, 0) is 9.59 Å². The Morgan fingerprint density at radius 1 is 0.778 bits per heavy atom. The molecule has 0 spiro atoms. The van der Waals surface area contributed by atoms with Gasteiger partial charge in [0.05, 0.1) is 5.92 Å². The number of carbonyl (C=O) groups excluding carboxylic acids is 2. The maximum atomic E-state index is 12.7. The minimum atomic E-state index is -0.290. The lowest BCUT2D eigenvalue weighted by molar-refractivity contribution is -0.140. The van der Waals surface area contributed by atoms with E-state index < -0.39 is 0 Å². The zero-order valence-electron chi connectivity index (χ0n) is 17.3. The predicted octanol–water partition coefficient (Wildman–Crippen LogP) is 6.46. The molecule has 0 aromatic heterocycles. The van der Waals surface area contributed by atoms with Crippen molar-refractivity contribution in [3.8, 4) is 11.5 Å². The van der Waals surface area contributed by atoms with Crippen LogP contribution in [0.15, 0.2) is 24.3 Å². The number of hydrogen-bond donors (Lipinski definition) is 0. The summed E-state index contributed by atoms with van der Waals surface area (Å²) >= 11 is 0. The third-order valence-electron chi connectivity index (χ3n) is 4.64. The minimum Gasteiger partial charge on any atom is -0.423 e. The van der Waals surface area contributed by atoms with Gasteiger partial charge in [-0.25, -0.2) is 0 Å². The van der Waals surface area contributed by atoms with Crippen LogP contribution in [0.3, 0.4) is 0 Å². The third-order valence-corrected chi connectivity index (χ3v) is 4.64. The third kappa shape index (κ3) is 9.60. The van der Waals surface area contributed by atoms with Crippen LogP contribution < -0.4 is 9.47 Å². The number of ether oxygens (including phenoxy) is 2. The highest BCUT2D eigenvalue weighted by molar-refractivity contribution is 5.77. The van der Waals surface area contributed by atoms with Gasteiger partial charge in [0.25, 0.3) is 0 Å². The van der Waals surface area contributed by atoms with Crippen LogP contribution in [0.25, 0.3) is 0 Å². The first-order valence-corrected chi connectivity index (χ1v) is 10.6. The number of esters is 2. The minimum absolute atomic E-state index is 0.0968. The fourth-order valence-corrected chi connectivity index (χ4v) is 3.03. The fraction of sp³-hybridized carbons (Fsp3) is 0.652. The summed E-state index contributed by atoms with van der Waals surface area (Å²) in [5.41, 5.74) is 0. The second kappa shape index (κ2) is 14.2. The Bertz CT molecular complexity index is 553. The Hall–Kier alpha value is -1.84. The van der Waals surface area contributed by atoms with Gasteiger partial charge in [0.2, 0.25) is 0 Å². The Balaban J connectivity index is 2.65. The summed E-state index contributed by atoms with van der Waals surface area (Å²) in [6.45, 7) is 6.31. The molecule has 152 valence electrons. The van der Waals surface area contributed by atoms with Gasteiger partial charge >= 0.3 is 11.9 Å². The zero-order chi connectivity index (χ0) is 19.9. The van der Waals surface area contributed by atoms with E-state index >= 15 is 0 Å². The van der Waals surface area contributed by atoms with Crippen molar-refractivity contribution in [2.45, 2.75) is 91.4 Å². The monoisotopic (exact) mass is 376 g/mol. The van der Waals surface area contributed by atoms with Gasteiger partial charge < -0.3 is 9.47 Å². The molecule has 27 heavy (non-hydrogen) atoms. The van der Waals surface area contributed by atoms with Gasteiger partial charge in [0.15, 0.2) is 11.5 Å². The molecule has 0 N–H and O–H groups in total. The van der Waals surface area contributed by atoms with E-state index in [9.17, 15) is 9.59 Å². The molecule has 0 heterocycles. The molecule has 1 unspecified atom stereocenters. The van der Waals surface area contributed by atoms with Crippen LogP contribution in [0.2, 0.25) is 0 Å². The summed E-state index contributed by atoms with van der Waals surface area (Å²) in [6.07, 6.45) is 10.6. The van der Waals surface area contributed by atoms with Gasteiger partial charge in [-0.1, -0.05) is 77.8 Å². The highest BCUT2D eigenvalue weighted by atomic mass is 16.6. The molecule has 1 aromatic rings. The molecule has 1 atom stereocenters. The van der Waals surface area contributed by atoms with Crippen molar-refractivity contribution in [3.05, 3.63) is 24.3 Å². The lowest BCUT2D eigenvalue weighted by Gasteiger charge is -2.16. The second-order valence-corrected chi connectivity index (χ2v) is 7.13. The van der Waals surface area contributed by atoms with Gasteiger partial charge in [-0.15, -0.1) is 0 Å². The molecule has 0 bridgehead atoms. The van der Waals surface area contributed by atoms with Crippen LogP contribution >= 0.6 is 0 Å². The molecule has 0 aliphatic rings. The molecule has 0 saturated heterocycles. The summed E-state index contributed by atoms with van der Waals surface area (Å²) in [5, 5.41) is 0. The van der Waals surface area contributed by atoms with Crippen molar-refractivity contribution >= 4 is 11.9 Å². The highest BCUT2D eigenvalue weighted by Crippen LogP contribution is 2.29. The average molecular weight is 377 g/mol. The number of benzene rings is 1. The maximum absolute atomic E-state index is 12.7. The Morgan fingerprint density at radius 2 is 1.41 bits per heavy atom. The fourth-order valence-electron chi connectivity index (χ4n) is 3.03. The molecule has 0 saturated carbocycles. The average Bonchev–Trinajstić information content (AvgIpc) is 2.66. The Morgan fingerprint density at radius 3 is 2.04 bits per heavy atom. The first kappa shape index (κ1) is 23.2. The number of para-hydroxylation sites is 2. The van der Waals surface area contributed by atoms with Crippen molar-refractivity contribution in [1.82, 2.24) is 0 Å². The Labute approximate surface area is 164 Å². The quantitative estimate of drug-likeness (QED) is 0.212. The summed E-state index contributed by atoms with van der Waals surface area (Å²) < 4.78 is 11.0. The first-order chi connectivity index (χ1) is 13.1. The van der Waals surface area contributed by atoms with E-state index in [1.54, 1.807) is 24.3 Å². The summed E-state index contributed by atoms with van der Waals surface area (Å²) in [5.74, 6) is 0.0517. The van der Waals surface area contributed by atoms with Crippen LogP contribution in [0, 0.1) is 5.92 Å². The smallest absolute Gasteiger partial charge is 0.314 e. The second-order valence-electron chi connectivity index (χ2n) is 7.13. The van der Waals surface area contributed by atoms with E-state index in [2.05, 4.69) is 13.8 Å². The van der Waals surface area contributed by atoms with E-state index in [4.69, 9.17) is 9.47 Å². The van der Waals surface area contributed by atoms with Gasteiger partial charge in [0, 0.05) is 6.42 Å². The topological polar surface area (TPSA) is 52.6 Å². The van der Waals surface area contributed by atoms with E-state index in [1.807, 2.05) is 6.92 Å². The molecular weight excluding hydrogens is 340 g/mol. The molecule has 1 rings (SSSR count). The van der Waals surface area contributed by atoms with Crippen molar-refractivity contribution in [3.63, 3.8) is 0 Å². The molecule has 0 radical (unpaired) electrons. The molecular formula is C23H36O4. The highest BCUT2D eigenvalue weighted by Gasteiger charge is 2.21. The van der Waals surface area contributed by atoms with E-state index in [-0.39, 0.29) is 17.9 Å². The van der Waals surface area contributed by atoms with E-state index in [1.165, 1.54) is 19.3 Å². The summed E-state index contributed by atoms with van der Waals surface area (Å²) in [6, 6.07) is 6.92. The van der Waals surface area contributed by atoms with Gasteiger partial charge in [-0.3, -0.25) is 9.59 Å². The molecule has 0 fully saturated rings. The molecule has 0 aliphatic carbocycles. The lowest BCUT2D eigenvalue weighted by atomic mass is 9.96. The normalized spacial score (nSPS) is 11.8. The zero-order valence-corrected chi connectivity index (χ0v) is 17.3. The van der Waals surface area contributed by atoms with Crippen molar-refractivity contribution in [1.29, 1.82) is 0 Å². The lowest BCUT2D eigenvalue weighted by Crippen LogP contribution is -2.21. The predicted molar refractivity (Wildman–Crippen MR) is 109 cm³/mol. The van der Waals surface area contributed by atoms with E-state index in [0.29, 0.717) is 17.9 Å². The van der Waals surface area contributed by atoms with Gasteiger partial charge in [-0.2, -0.15) is 0 Å². The maximum Gasteiger partial charge on any atom is 0.314 e. The molecule has 1 aromatic carbocycles. The van der Waals surface area contributed by atoms with Crippen LogP contribution in [-0.4, -0.2) is 11.9 Å². The standard InChI is InChI=1S/C23H36O4/c1-4-7-9-10-11-15-19(14-6-3)23(25)27-21-17-13-12-16-20(21)26-22(24)18-8-5-2/h12-13,16-17,19H,4-11,14-15,18H2,1-3H3. The molecule has 0 amide bonds. The number of unbranched alkanes of at least 4 members (excludes halogenated alkanes) is 5. The van der Waals surface area contributed by atoms with Crippen LogP contribution in [0.5, 0.6) is 11.5 Å². The van der Waals surface area contributed by atoms with Crippen molar-refractivity contribution in [2.24, 2.45) is 5.92 Å². The summed E-state index contributed by atoms with van der Waals surface area (Å²) in [4.78, 5) is 24.6. The summed E-state index contributed by atoms with van der Waals surface area (Å²) in [7, 11) is 0. The van der Waals surface area contributed by atoms with Crippen molar-refractivity contribution in [2.75, 3.05) is 0 Å². The van der Waals surface area contributed by atoms with Crippen LogP contribution in [0.4, 0.5) is 0 Å². The first-order valence-electron chi connectivity index (χ1n) is 10.6. The van der Waals surface area contributed by atoms with E-state index in [0.717, 1.165) is 44.9 Å². The molecule has 0 aliphatic heterocycles. The SMILES string of the molecule is CCCCCCCC(CCC)C(=O)Oc1ccccc1OC(=O)CCCC. The van der Waals surface area contributed by atoms with Gasteiger partial charge in [0.1, 0.15) is 0 Å². The van der Waals surface area contributed by atoms with Gasteiger partial charge in [-0.05, 0) is 31.4 Å².